The van der Waals surface area contributed by atoms with Crippen molar-refractivity contribution in [3.63, 3.8) is 0 Å². The van der Waals surface area contributed by atoms with Crippen LogP contribution >= 0.6 is 0 Å². The topological polar surface area (TPSA) is 62.5 Å². The van der Waals surface area contributed by atoms with Gasteiger partial charge in [-0.1, -0.05) is 12.1 Å². The smallest absolute Gasteiger partial charge is 0.323 e. The molecule has 20 heavy (non-hydrogen) atoms. The van der Waals surface area contributed by atoms with Gasteiger partial charge in [-0.3, -0.25) is 9.59 Å². The van der Waals surface area contributed by atoms with Gasteiger partial charge in [0.15, 0.2) is 0 Å². The number of carbonyl (C=O) groups excluding carboxylic acids is 1. The summed E-state index contributed by atoms with van der Waals surface area (Å²) in [5.74, 6) is -1.87. The molecule has 2 aromatic rings. The van der Waals surface area contributed by atoms with E-state index < -0.39 is 18.3 Å². The Morgan fingerprint density at radius 3 is 2.90 bits per heavy atom. The van der Waals surface area contributed by atoms with Crippen LogP contribution < -0.4 is 0 Å². The SMILES string of the molecule is CN1CCc2c(n(CC(=O)O)c3c(F)cccc23)C1=O. The van der Waals surface area contributed by atoms with Gasteiger partial charge in [-0.05, 0) is 18.1 Å². The molecule has 3 rings (SSSR count). The molecule has 0 unspecified atom stereocenters. The highest BCUT2D eigenvalue weighted by Crippen LogP contribution is 2.31. The maximum absolute atomic E-state index is 14.1. The minimum atomic E-state index is -1.10. The fraction of sp³-hybridized carbons (Fsp3) is 0.286. The minimum absolute atomic E-state index is 0.198. The molecule has 0 atom stereocenters. The molecule has 1 aromatic heterocycles. The van der Waals surface area contributed by atoms with E-state index in [0.717, 1.165) is 5.56 Å². The Labute approximate surface area is 114 Å². The standard InChI is InChI=1S/C14H13FN2O3/c1-16-6-5-9-8-3-2-4-10(15)12(8)17(7-11(18)19)13(9)14(16)20/h2-4H,5-7H2,1H3,(H,18,19). The van der Waals surface area contributed by atoms with E-state index in [2.05, 4.69) is 0 Å². The van der Waals surface area contributed by atoms with Crippen molar-refractivity contribution in [2.45, 2.75) is 13.0 Å². The van der Waals surface area contributed by atoms with Crippen molar-refractivity contribution in [2.75, 3.05) is 13.6 Å². The van der Waals surface area contributed by atoms with Crippen LogP contribution in [0.15, 0.2) is 18.2 Å². The summed E-state index contributed by atoms with van der Waals surface area (Å²) in [6.07, 6.45) is 0.601. The van der Waals surface area contributed by atoms with Gasteiger partial charge in [0, 0.05) is 19.0 Å². The number of rotatable bonds is 2. The summed E-state index contributed by atoms with van der Waals surface area (Å²) in [5.41, 5.74) is 1.23. The summed E-state index contributed by atoms with van der Waals surface area (Å²) in [4.78, 5) is 24.8. The monoisotopic (exact) mass is 276 g/mol. The minimum Gasteiger partial charge on any atom is -0.480 e. The van der Waals surface area contributed by atoms with Crippen LogP contribution in [0.1, 0.15) is 16.1 Å². The van der Waals surface area contributed by atoms with E-state index in [1.807, 2.05) is 0 Å². The van der Waals surface area contributed by atoms with Gasteiger partial charge in [0.1, 0.15) is 18.1 Å². The summed E-state index contributed by atoms with van der Waals surface area (Å²) in [6.45, 7) is 0.126. The van der Waals surface area contributed by atoms with E-state index in [9.17, 15) is 14.0 Å². The van der Waals surface area contributed by atoms with Crippen LogP contribution in [-0.4, -0.2) is 40.0 Å². The Morgan fingerprint density at radius 1 is 1.45 bits per heavy atom. The Balaban J connectivity index is 2.38. The number of carboxylic acids is 1. The number of hydrogen-bond donors (Lipinski definition) is 1. The Hall–Kier alpha value is -2.37. The Morgan fingerprint density at radius 2 is 2.20 bits per heavy atom. The van der Waals surface area contributed by atoms with E-state index in [4.69, 9.17) is 5.11 Å². The first-order chi connectivity index (χ1) is 9.50. The van der Waals surface area contributed by atoms with E-state index >= 15 is 0 Å². The van der Waals surface area contributed by atoms with Gasteiger partial charge in [-0.25, -0.2) is 4.39 Å². The van der Waals surface area contributed by atoms with Crippen LogP contribution in [0, 0.1) is 5.82 Å². The molecule has 0 fully saturated rings. The maximum atomic E-state index is 14.1. The zero-order valence-electron chi connectivity index (χ0n) is 10.9. The molecule has 1 aliphatic heterocycles. The number of nitrogens with zero attached hydrogens (tertiary/aromatic N) is 2. The molecule has 0 spiro atoms. The summed E-state index contributed by atoms with van der Waals surface area (Å²) >= 11 is 0. The average Bonchev–Trinajstić information content (AvgIpc) is 2.70. The van der Waals surface area contributed by atoms with E-state index in [1.165, 1.54) is 15.5 Å². The molecule has 0 saturated carbocycles. The zero-order chi connectivity index (χ0) is 14.4. The van der Waals surface area contributed by atoms with Crippen molar-refractivity contribution in [3.05, 3.63) is 35.3 Å². The molecule has 6 heteroatoms. The van der Waals surface area contributed by atoms with Gasteiger partial charge < -0.3 is 14.6 Å². The molecule has 1 aliphatic rings. The number of carboxylic acid groups (broad SMARTS) is 1. The lowest BCUT2D eigenvalue weighted by atomic mass is 10.0. The lowest BCUT2D eigenvalue weighted by Crippen LogP contribution is -2.35. The molecule has 1 amide bonds. The number of aliphatic carboxylic acids is 1. The Kier molecular flexibility index (Phi) is 2.74. The first kappa shape index (κ1) is 12.7. The highest BCUT2D eigenvalue weighted by Gasteiger charge is 2.30. The molecular weight excluding hydrogens is 263 g/mol. The van der Waals surface area contributed by atoms with Crippen LogP contribution in [0.4, 0.5) is 4.39 Å². The molecular formula is C14H13FN2O3. The van der Waals surface area contributed by atoms with Gasteiger partial charge in [0.25, 0.3) is 5.91 Å². The van der Waals surface area contributed by atoms with E-state index in [0.29, 0.717) is 24.0 Å². The largest absolute Gasteiger partial charge is 0.480 e. The number of carbonyl (C=O) groups is 2. The number of amides is 1. The van der Waals surface area contributed by atoms with Gasteiger partial charge in [-0.15, -0.1) is 0 Å². The number of benzene rings is 1. The second kappa shape index (κ2) is 4.33. The lowest BCUT2D eigenvalue weighted by Gasteiger charge is -2.23. The second-order valence-corrected chi connectivity index (χ2v) is 4.92. The highest BCUT2D eigenvalue weighted by molar-refractivity contribution is 6.03. The summed E-state index contributed by atoms with van der Waals surface area (Å²) in [7, 11) is 1.66. The van der Waals surface area contributed by atoms with Crippen molar-refractivity contribution in [3.8, 4) is 0 Å². The first-order valence-electron chi connectivity index (χ1n) is 6.27. The number of aromatic nitrogens is 1. The fourth-order valence-corrected chi connectivity index (χ4v) is 2.79. The molecule has 2 heterocycles. The van der Waals surface area contributed by atoms with Gasteiger partial charge in [-0.2, -0.15) is 0 Å². The van der Waals surface area contributed by atoms with Crippen LogP contribution in [0.5, 0.6) is 0 Å². The van der Waals surface area contributed by atoms with Crippen molar-refractivity contribution < 1.29 is 19.1 Å². The summed E-state index contributed by atoms with van der Waals surface area (Å²) < 4.78 is 15.3. The maximum Gasteiger partial charge on any atom is 0.323 e. The third kappa shape index (κ3) is 1.68. The van der Waals surface area contributed by atoms with E-state index in [-0.39, 0.29) is 11.4 Å². The highest BCUT2D eigenvalue weighted by atomic mass is 19.1. The third-order valence-corrected chi connectivity index (χ3v) is 3.68. The van der Waals surface area contributed by atoms with Crippen LogP contribution in [-0.2, 0) is 17.8 Å². The van der Waals surface area contributed by atoms with Gasteiger partial charge in [0.2, 0.25) is 0 Å². The first-order valence-corrected chi connectivity index (χ1v) is 6.27. The quantitative estimate of drug-likeness (QED) is 0.904. The van der Waals surface area contributed by atoms with Crippen LogP contribution in [0.3, 0.4) is 0 Å². The number of para-hydroxylation sites is 1. The van der Waals surface area contributed by atoms with Crippen molar-refractivity contribution in [2.24, 2.45) is 0 Å². The zero-order valence-corrected chi connectivity index (χ0v) is 10.9. The van der Waals surface area contributed by atoms with Crippen LogP contribution in [0.25, 0.3) is 10.9 Å². The molecule has 1 N–H and O–H groups in total. The molecule has 0 saturated heterocycles. The summed E-state index contributed by atoms with van der Waals surface area (Å²) in [5, 5.41) is 9.65. The molecule has 5 nitrogen and oxygen atoms in total. The normalized spacial score (nSPS) is 14.7. The molecule has 0 radical (unpaired) electrons. The van der Waals surface area contributed by atoms with E-state index in [1.54, 1.807) is 19.2 Å². The lowest BCUT2D eigenvalue weighted by molar-refractivity contribution is -0.137. The Bertz CT molecular complexity index is 736. The molecule has 104 valence electrons. The fourth-order valence-electron chi connectivity index (χ4n) is 2.79. The third-order valence-electron chi connectivity index (χ3n) is 3.68. The van der Waals surface area contributed by atoms with Crippen molar-refractivity contribution in [1.82, 2.24) is 9.47 Å². The second-order valence-electron chi connectivity index (χ2n) is 4.92. The molecule has 0 bridgehead atoms. The van der Waals surface area contributed by atoms with Gasteiger partial charge >= 0.3 is 5.97 Å². The van der Waals surface area contributed by atoms with Crippen LogP contribution in [0.2, 0.25) is 0 Å². The average molecular weight is 276 g/mol. The van der Waals surface area contributed by atoms with Crippen molar-refractivity contribution >= 4 is 22.8 Å². The summed E-state index contributed by atoms with van der Waals surface area (Å²) in [6, 6.07) is 4.58. The molecule has 0 aliphatic carbocycles. The number of fused-ring (bicyclic) bond motifs is 3. The number of halogens is 1. The predicted molar refractivity (Wildman–Crippen MR) is 70.2 cm³/mol. The number of likely N-dealkylation sites (N-methyl/N-ethyl adjacent to an activating group) is 1. The molecule has 1 aromatic carbocycles. The number of hydrogen-bond acceptors (Lipinski definition) is 2. The predicted octanol–water partition coefficient (Wildman–Crippen LogP) is 1.49. The van der Waals surface area contributed by atoms with Crippen molar-refractivity contribution in [1.29, 1.82) is 0 Å². The van der Waals surface area contributed by atoms with Gasteiger partial charge in [0.05, 0.1) is 5.52 Å².